The zero-order chi connectivity index (χ0) is 11.4. The Hall–Kier alpha value is -0.770. The predicted octanol–water partition coefficient (Wildman–Crippen LogP) is 1.19. The molecule has 1 aliphatic rings. The number of nitrogens with zero attached hydrogens (tertiary/aromatic N) is 2. The first-order chi connectivity index (χ1) is 7.06. The highest BCUT2D eigenvalue weighted by molar-refractivity contribution is 5.79. The maximum atomic E-state index is 5.50. The van der Waals surface area contributed by atoms with E-state index in [-0.39, 0.29) is 0 Å². The lowest BCUT2D eigenvalue weighted by Crippen LogP contribution is -2.47. The molecule has 15 heavy (non-hydrogen) atoms. The van der Waals surface area contributed by atoms with Gasteiger partial charge in [-0.2, -0.15) is 0 Å². The number of aliphatic imine (C=N–C) groups is 1. The van der Waals surface area contributed by atoms with Crippen molar-refractivity contribution in [2.75, 3.05) is 13.6 Å². The second-order valence-electron chi connectivity index (χ2n) is 4.89. The molecule has 1 unspecified atom stereocenters. The summed E-state index contributed by atoms with van der Waals surface area (Å²) in [6.07, 6.45) is 2.68. The zero-order valence-electron chi connectivity index (χ0n) is 10.3. The molecule has 1 fully saturated rings. The van der Waals surface area contributed by atoms with Crippen LogP contribution in [0.5, 0.6) is 0 Å². The van der Waals surface area contributed by atoms with Crippen LogP contribution in [-0.4, -0.2) is 30.5 Å². The maximum absolute atomic E-state index is 5.50. The van der Waals surface area contributed by atoms with Crippen molar-refractivity contribution in [2.24, 2.45) is 22.7 Å². The number of nitrogens with two attached hydrogens (primary N) is 1. The molecule has 1 rings (SSSR count). The summed E-state index contributed by atoms with van der Waals surface area (Å²) in [6.45, 7) is 7.37. The number of hydrogen-bond donors (Lipinski definition) is 2. The first-order valence-electron chi connectivity index (χ1n) is 5.80. The Morgan fingerprint density at radius 2 is 2.07 bits per heavy atom. The highest BCUT2D eigenvalue weighted by Gasteiger charge is 2.31. The van der Waals surface area contributed by atoms with Crippen molar-refractivity contribution in [2.45, 2.75) is 39.7 Å². The fraction of sp³-hybridized carbons (Fsp3) is 0.909. The SMILES string of the molecule is CC(C)CN=C(NN)N(C)C(C)C1CC1. The Morgan fingerprint density at radius 3 is 2.47 bits per heavy atom. The summed E-state index contributed by atoms with van der Waals surface area (Å²) in [5.41, 5.74) is 2.70. The molecule has 88 valence electrons. The maximum Gasteiger partial charge on any atom is 0.208 e. The molecule has 0 bridgehead atoms. The quantitative estimate of drug-likeness (QED) is 0.318. The Morgan fingerprint density at radius 1 is 1.47 bits per heavy atom. The third-order valence-corrected chi connectivity index (χ3v) is 2.98. The minimum absolute atomic E-state index is 0.534. The van der Waals surface area contributed by atoms with E-state index >= 15 is 0 Å². The van der Waals surface area contributed by atoms with E-state index in [0.29, 0.717) is 12.0 Å². The topological polar surface area (TPSA) is 53.6 Å². The number of rotatable bonds is 4. The van der Waals surface area contributed by atoms with Crippen LogP contribution in [-0.2, 0) is 0 Å². The predicted molar refractivity (Wildman–Crippen MR) is 64.4 cm³/mol. The monoisotopic (exact) mass is 212 g/mol. The molecular formula is C11H24N4. The van der Waals surface area contributed by atoms with E-state index in [9.17, 15) is 0 Å². The van der Waals surface area contributed by atoms with Gasteiger partial charge in [-0.3, -0.25) is 10.4 Å². The molecule has 0 radical (unpaired) electrons. The molecule has 0 spiro atoms. The third kappa shape index (κ3) is 3.70. The van der Waals surface area contributed by atoms with Gasteiger partial charge in [0.2, 0.25) is 5.96 Å². The van der Waals surface area contributed by atoms with Crippen molar-refractivity contribution in [1.29, 1.82) is 0 Å². The van der Waals surface area contributed by atoms with Crippen LogP contribution in [0.15, 0.2) is 4.99 Å². The molecular weight excluding hydrogens is 188 g/mol. The lowest BCUT2D eigenvalue weighted by Gasteiger charge is -2.27. The van der Waals surface area contributed by atoms with Gasteiger partial charge < -0.3 is 4.90 Å². The molecule has 4 heteroatoms. The van der Waals surface area contributed by atoms with Crippen LogP contribution < -0.4 is 11.3 Å². The van der Waals surface area contributed by atoms with Crippen molar-refractivity contribution in [3.05, 3.63) is 0 Å². The van der Waals surface area contributed by atoms with Crippen LogP contribution in [0.1, 0.15) is 33.6 Å². The summed E-state index contributed by atoms with van der Waals surface area (Å²) in [5, 5.41) is 0. The fourth-order valence-corrected chi connectivity index (χ4v) is 1.62. The second kappa shape index (κ2) is 5.35. The summed E-state index contributed by atoms with van der Waals surface area (Å²) in [5.74, 6) is 7.70. The van der Waals surface area contributed by atoms with E-state index in [0.717, 1.165) is 18.4 Å². The van der Waals surface area contributed by atoms with Crippen LogP contribution in [0.3, 0.4) is 0 Å². The van der Waals surface area contributed by atoms with Crippen LogP contribution in [0.2, 0.25) is 0 Å². The highest BCUT2D eigenvalue weighted by atomic mass is 15.4. The van der Waals surface area contributed by atoms with Gasteiger partial charge in [0.25, 0.3) is 0 Å². The Balaban J connectivity index is 2.51. The molecule has 1 atom stereocenters. The average molecular weight is 212 g/mol. The summed E-state index contributed by atoms with van der Waals surface area (Å²) >= 11 is 0. The number of hydrazine groups is 1. The van der Waals surface area contributed by atoms with Crippen LogP contribution >= 0.6 is 0 Å². The van der Waals surface area contributed by atoms with Crippen LogP contribution in [0.4, 0.5) is 0 Å². The van der Waals surface area contributed by atoms with Gasteiger partial charge in [0.05, 0.1) is 0 Å². The van der Waals surface area contributed by atoms with Crippen molar-refractivity contribution < 1.29 is 0 Å². The van der Waals surface area contributed by atoms with Gasteiger partial charge in [-0.15, -0.1) is 0 Å². The van der Waals surface area contributed by atoms with E-state index in [1.54, 1.807) is 0 Å². The molecule has 0 saturated heterocycles. The highest BCUT2D eigenvalue weighted by Crippen LogP contribution is 2.34. The molecule has 0 aromatic carbocycles. The standard InChI is InChI=1S/C11H24N4/c1-8(2)7-13-11(14-12)15(4)9(3)10-5-6-10/h8-10H,5-7,12H2,1-4H3,(H,13,14). The molecule has 1 aliphatic carbocycles. The lowest BCUT2D eigenvalue weighted by molar-refractivity contribution is 0.341. The van der Waals surface area contributed by atoms with Crippen molar-refractivity contribution >= 4 is 5.96 Å². The largest absolute Gasteiger partial charge is 0.342 e. The van der Waals surface area contributed by atoms with Gasteiger partial charge in [0.15, 0.2) is 0 Å². The molecule has 0 amide bonds. The van der Waals surface area contributed by atoms with Gasteiger partial charge in [0, 0.05) is 19.6 Å². The first-order valence-corrected chi connectivity index (χ1v) is 5.80. The average Bonchev–Trinajstić information content (AvgIpc) is 3.00. The Kier molecular flexibility index (Phi) is 4.39. The lowest BCUT2D eigenvalue weighted by atomic mass is 10.2. The zero-order valence-corrected chi connectivity index (χ0v) is 10.3. The normalized spacial score (nSPS) is 19.2. The van der Waals surface area contributed by atoms with Crippen LogP contribution in [0.25, 0.3) is 0 Å². The third-order valence-electron chi connectivity index (χ3n) is 2.98. The van der Waals surface area contributed by atoms with Crippen molar-refractivity contribution in [1.82, 2.24) is 10.3 Å². The smallest absolute Gasteiger partial charge is 0.208 e. The van der Waals surface area contributed by atoms with Gasteiger partial charge in [-0.05, 0) is 31.6 Å². The van der Waals surface area contributed by atoms with Crippen molar-refractivity contribution in [3.63, 3.8) is 0 Å². The second-order valence-corrected chi connectivity index (χ2v) is 4.89. The number of hydrogen-bond acceptors (Lipinski definition) is 2. The molecule has 0 aromatic heterocycles. The minimum Gasteiger partial charge on any atom is -0.342 e. The van der Waals surface area contributed by atoms with Gasteiger partial charge in [-0.1, -0.05) is 13.8 Å². The van der Waals surface area contributed by atoms with Gasteiger partial charge in [0.1, 0.15) is 0 Å². The molecule has 4 nitrogen and oxygen atoms in total. The summed E-state index contributed by atoms with van der Waals surface area (Å²) in [6, 6.07) is 0.534. The van der Waals surface area contributed by atoms with Gasteiger partial charge >= 0.3 is 0 Å². The summed E-state index contributed by atoms with van der Waals surface area (Å²) < 4.78 is 0. The molecule has 0 aromatic rings. The molecule has 1 saturated carbocycles. The Bertz CT molecular complexity index is 221. The first kappa shape index (κ1) is 12.3. The van der Waals surface area contributed by atoms with E-state index < -0.39 is 0 Å². The van der Waals surface area contributed by atoms with Crippen LogP contribution in [0, 0.1) is 11.8 Å². The van der Waals surface area contributed by atoms with E-state index in [1.807, 2.05) is 0 Å². The minimum atomic E-state index is 0.534. The summed E-state index contributed by atoms with van der Waals surface area (Å²) in [7, 11) is 2.06. The van der Waals surface area contributed by atoms with E-state index in [4.69, 9.17) is 5.84 Å². The number of nitrogens with one attached hydrogen (secondary N) is 1. The summed E-state index contributed by atoms with van der Waals surface area (Å²) in [4.78, 5) is 6.63. The Labute approximate surface area is 92.9 Å². The number of guanidine groups is 1. The van der Waals surface area contributed by atoms with E-state index in [1.165, 1.54) is 12.8 Å². The van der Waals surface area contributed by atoms with Gasteiger partial charge in [-0.25, -0.2) is 5.84 Å². The molecule has 0 heterocycles. The van der Waals surface area contributed by atoms with E-state index in [2.05, 4.69) is 43.1 Å². The molecule has 0 aliphatic heterocycles. The van der Waals surface area contributed by atoms with Crippen molar-refractivity contribution in [3.8, 4) is 0 Å². The molecule has 3 N–H and O–H groups in total. The fourth-order valence-electron chi connectivity index (χ4n) is 1.62.